The highest BCUT2D eigenvalue weighted by molar-refractivity contribution is 5.71. The number of nitrogens with zero attached hydrogens (tertiary/aromatic N) is 2. The van der Waals surface area contributed by atoms with Crippen LogP contribution in [0.4, 0.5) is 5.95 Å². The number of carboxylic acid groups (broad SMARTS) is 1. The molecule has 0 radical (unpaired) electrons. The molecule has 0 aliphatic carbocycles. The molecule has 0 saturated heterocycles. The van der Waals surface area contributed by atoms with Gasteiger partial charge in [-0.05, 0) is 6.92 Å². The predicted octanol–water partition coefficient (Wildman–Crippen LogP) is 0.318. The third kappa shape index (κ3) is 1.26. The first kappa shape index (κ1) is 8.10. The third-order valence-electron chi connectivity index (χ3n) is 2.31. The molecule has 2 N–H and O–H groups in total. The van der Waals surface area contributed by atoms with Gasteiger partial charge < -0.3 is 15.0 Å². The molecule has 70 valence electrons. The number of carboxylic acids is 1. The number of hydrogen-bond acceptors (Lipinski definition) is 3. The number of rotatable bonds is 1. The SMILES string of the molecule is Cc1cnc2n1CC(C(=O)O)CN2. The van der Waals surface area contributed by atoms with Crippen LogP contribution in [-0.4, -0.2) is 27.2 Å². The van der Waals surface area contributed by atoms with E-state index < -0.39 is 5.97 Å². The van der Waals surface area contributed by atoms with Crippen molar-refractivity contribution >= 4 is 11.9 Å². The highest BCUT2D eigenvalue weighted by Gasteiger charge is 2.24. The molecule has 5 nitrogen and oxygen atoms in total. The zero-order valence-electron chi connectivity index (χ0n) is 7.32. The molecule has 1 aliphatic rings. The summed E-state index contributed by atoms with van der Waals surface area (Å²) in [4.78, 5) is 14.8. The average Bonchev–Trinajstić information content (AvgIpc) is 2.47. The lowest BCUT2D eigenvalue weighted by atomic mass is 10.1. The van der Waals surface area contributed by atoms with Gasteiger partial charge in [0.15, 0.2) is 0 Å². The Morgan fingerprint density at radius 3 is 3.31 bits per heavy atom. The molecular formula is C8H11N3O2. The van der Waals surface area contributed by atoms with E-state index in [0.29, 0.717) is 13.1 Å². The first-order valence-electron chi connectivity index (χ1n) is 4.17. The van der Waals surface area contributed by atoms with Crippen molar-refractivity contribution in [3.8, 4) is 0 Å². The minimum absolute atomic E-state index is 0.347. The zero-order chi connectivity index (χ0) is 9.42. The second kappa shape index (κ2) is 2.76. The number of aromatic nitrogens is 2. The van der Waals surface area contributed by atoms with Crippen LogP contribution < -0.4 is 5.32 Å². The highest BCUT2D eigenvalue weighted by Crippen LogP contribution is 2.18. The molecule has 0 fully saturated rings. The second-order valence-corrected chi connectivity index (χ2v) is 3.25. The summed E-state index contributed by atoms with van der Waals surface area (Å²) in [5, 5.41) is 11.8. The number of fused-ring (bicyclic) bond motifs is 1. The molecule has 0 aromatic carbocycles. The zero-order valence-corrected chi connectivity index (χ0v) is 7.32. The Hall–Kier alpha value is -1.52. The molecule has 5 heteroatoms. The fourth-order valence-corrected chi connectivity index (χ4v) is 1.50. The lowest BCUT2D eigenvalue weighted by Crippen LogP contribution is -2.33. The van der Waals surface area contributed by atoms with Crippen LogP contribution in [0.25, 0.3) is 0 Å². The summed E-state index contributed by atoms with van der Waals surface area (Å²) >= 11 is 0. The minimum Gasteiger partial charge on any atom is -0.481 e. The number of nitrogens with one attached hydrogen (secondary N) is 1. The van der Waals surface area contributed by atoms with Crippen molar-refractivity contribution in [2.75, 3.05) is 11.9 Å². The van der Waals surface area contributed by atoms with Crippen LogP contribution in [0.15, 0.2) is 6.20 Å². The number of anilines is 1. The topological polar surface area (TPSA) is 67.2 Å². The van der Waals surface area contributed by atoms with Gasteiger partial charge in [0.05, 0.1) is 12.1 Å². The summed E-state index contributed by atoms with van der Waals surface area (Å²) in [6, 6.07) is 0. The molecule has 0 saturated carbocycles. The van der Waals surface area contributed by atoms with Gasteiger partial charge in [-0.3, -0.25) is 4.79 Å². The van der Waals surface area contributed by atoms with Crippen molar-refractivity contribution in [2.24, 2.45) is 5.92 Å². The summed E-state index contributed by atoms with van der Waals surface area (Å²) in [6.07, 6.45) is 1.74. The second-order valence-electron chi connectivity index (χ2n) is 3.25. The Balaban J connectivity index is 2.27. The fraction of sp³-hybridized carbons (Fsp3) is 0.500. The number of hydrogen-bond donors (Lipinski definition) is 2. The van der Waals surface area contributed by atoms with Crippen LogP contribution in [-0.2, 0) is 11.3 Å². The Morgan fingerprint density at radius 2 is 2.62 bits per heavy atom. The van der Waals surface area contributed by atoms with E-state index in [1.807, 2.05) is 11.5 Å². The Morgan fingerprint density at radius 1 is 1.85 bits per heavy atom. The van der Waals surface area contributed by atoms with Crippen LogP contribution in [0.2, 0.25) is 0 Å². The van der Waals surface area contributed by atoms with E-state index in [2.05, 4.69) is 10.3 Å². The number of carbonyl (C=O) groups is 1. The third-order valence-corrected chi connectivity index (χ3v) is 2.31. The van der Waals surface area contributed by atoms with Crippen LogP contribution in [0.1, 0.15) is 5.69 Å². The highest BCUT2D eigenvalue weighted by atomic mass is 16.4. The van der Waals surface area contributed by atoms with Crippen molar-refractivity contribution in [2.45, 2.75) is 13.5 Å². The van der Waals surface area contributed by atoms with Crippen molar-refractivity contribution in [3.05, 3.63) is 11.9 Å². The number of aryl methyl sites for hydroxylation is 1. The molecule has 2 rings (SSSR count). The van der Waals surface area contributed by atoms with Gasteiger partial charge >= 0.3 is 5.97 Å². The maximum atomic E-state index is 10.7. The standard InChI is InChI=1S/C8H11N3O2/c1-5-2-9-8-10-3-6(7(12)13)4-11(5)8/h2,6H,3-4H2,1H3,(H,9,10)(H,12,13). The van der Waals surface area contributed by atoms with Crippen LogP contribution >= 0.6 is 0 Å². The molecule has 1 unspecified atom stereocenters. The van der Waals surface area contributed by atoms with Gasteiger partial charge in [0.2, 0.25) is 5.95 Å². The molecule has 1 aromatic heterocycles. The van der Waals surface area contributed by atoms with Crippen LogP contribution in [0.5, 0.6) is 0 Å². The van der Waals surface area contributed by atoms with Gasteiger partial charge in [0.1, 0.15) is 0 Å². The summed E-state index contributed by atoms with van der Waals surface area (Å²) in [5.41, 5.74) is 0.994. The van der Waals surface area contributed by atoms with Crippen molar-refractivity contribution in [1.82, 2.24) is 9.55 Å². The molecular weight excluding hydrogens is 170 g/mol. The average molecular weight is 181 g/mol. The first-order valence-corrected chi connectivity index (χ1v) is 4.17. The van der Waals surface area contributed by atoms with Crippen LogP contribution in [0.3, 0.4) is 0 Å². The Kier molecular flexibility index (Phi) is 1.72. The summed E-state index contributed by atoms with van der Waals surface area (Å²) in [5.74, 6) is -0.332. The Labute approximate surface area is 75.4 Å². The normalized spacial score (nSPS) is 20.5. The Bertz CT molecular complexity index is 345. The maximum absolute atomic E-state index is 10.7. The van der Waals surface area contributed by atoms with E-state index in [1.54, 1.807) is 6.20 Å². The minimum atomic E-state index is -0.758. The van der Waals surface area contributed by atoms with Crippen molar-refractivity contribution in [3.63, 3.8) is 0 Å². The van der Waals surface area contributed by atoms with Gasteiger partial charge in [-0.1, -0.05) is 0 Å². The molecule has 0 spiro atoms. The van der Waals surface area contributed by atoms with E-state index in [-0.39, 0.29) is 5.92 Å². The summed E-state index contributed by atoms with van der Waals surface area (Å²) < 4.78 is 1.89. The molecule has 1 atom stereocenters. The summed E-state index contributed by atoms with van der Waals surface area (Å²) in [6.45, 7) is 2.90. The lowest BCUT2D eigenvalue weighted by Gasteiger charge is -2.22. The van der Waals surface area contributed by atoms with E-state index in [9.17, 15) is 4.79 Å². The number of aliphatic carboxylic acids is 1. The van der Waals surface area contributed by atoms with E-state index in [0.717, 1.165) is 11.6 Å². The molecule has 13 heavy (non-hydrogen) atoms. The monoisotopic (exact) mass is 181 g/mol. The molecule has 0 bridgehead atoms. The number of imidazole rings is 1. The lowest BCUT2D eigenvalue weighted by molar-refractivity contribution is -0.141. The van der Waals surface area contributed by atoms with E-state index >= 15 is 0 Å². The van der Waals surface area contributed by atoms with Gasteiger partial charge in [-0.25, -0.2) is 4.98 Å². The van der Waals surface area contributed by atoms with Gasteiger partial charge in [0, 0.05) is 18.8 Å². The predicted molar refractivity (Wildman–Crippen MR) is 46.6 cm³/mol. The molecule has 2 heterocycles. The largest absolute Gasteiger partial charge is 0.481 e. The van der Waals surface area contributed by atoms with Crippen LogP contribution in [0, 0.1) is 12.8 Å². The van der Waals surface area contributed by atoms with Gasteiger partial charge in [-0.2, -0.15) is 0 Å². The smallest absolute Gasteiger partial charge is 0.310 e. The van der Waals surface area contributed by atoms with Gasteiger partial charge in [-0.15, -0.1) is 0 Å². The molecule has 0 amide bonds. The van der Waals surface area contributed by atoms with Gasteiger partial charge in [0.25, 0.3) is 0 Å². The first-order chi connectivity index (χ1) is 6.18. The molecule has 1 aromatic rings. The van der Waals surface area contributed by atoms with E-state index in [4.69, 9.17) is 5.11 Å². The van der Waals surface area contributed by atoms with Crippen molar-refractivity contribution in [1.29, 1.82) is 0 Å². The maximum Gasteiger partial charge on any atom is 0.310 e. The fourth-order valence-electron chi connectivity index (χ4n) is 1.50. The van der Waals surface area contributed by atoms with E-state index in [1.165, 1.54) is 0 Å². The summed E-state index contributed by atoms with van der Waals surface area (Å²) in [7, 11) is 0. The molecule has 1 aliphatic heterocycles. The van der Waals surface area contributed by atoms with Crippen molar-refractivity contribution < 1.29 is 9.90 Å². The quantitative estimate of drug-likeness (QED) is 0.654.